The van der Waals surface area contributed by atoms with Gasteiger partial charge in [-0.2, -0.15) is 0 Å². The average Bonchev–Trinajstić information content (AvgIpc) is 2.41. The average molecular weight is 361 g/mol. The quantitative estimate of drug-likeness (QED) is 0.819. The lowest BCUT2D eigenvalue weighted by Gasteiger charge is -2.10. The van der Waals surface area contributed by atoms with Crippen LogP contribution in [0, 0.1) is 0 Å². The van der Waals surface area contributed by atoms with E-state index in [-0.39, 0.29) is 19.9 Å². The van der Waals surface area contributed by atoms with Crippen molar-refractivity contribution >= 4 is 56.1 Å². The summed E-state index contributed by atoms with van der Waals surface area (Å²) >= 11 is 16.5. The summed E-state index contributed by atoms with van der Waals surface area (Å²) in [5, 5.41) is 0.371. The number of nitrogens with two attached hydrogens (primary N) is 1. The molecule has 0 aliphatic carbocycles. The Kier molecular flexibility index (Phi) is 4.73. The first-order chi connectivity index (χ1) is 9.79. The van der Waals surface area contributed by atoms with Crippen LogP contribution < -0.4 is 10.5 Å². The van der Waals surface area contributed by atoms with E-state index in [1.54, 1.807) is 24.3 Å². The third-order valence-electron chi connectivity index (χ3n) is 2.60. The molecule has 0 fully saturated rings. The van der Waals surface area contributed by atoms with Crippen molar-refractivity contribution in [2.75, 3.05) is 4.72 Å². The van der Waals surface area contributed by atoms with Gasteiger partial charge in [-0.05, 0) is 42.5 Å². The van der Waals surface area contributed by atoms with Crippen LogP contribution in [0.25, 0.3) is 0 Å². The van der Waals surface area contributed by atoms with Crippen molar-refractivity contribution in [2.45, 2.75) is 4.90 Å². The Bertz CT molecular complexity index is 790. The van der Waals surface area contributed by atoms with E-state index in [4.69, 9.17) is 41.2 Å². The highest BCUT2D eigenvalue weighted by Gasteiger charge is 2.18. The minimum absolute atomic E-state index is 0.0879. The van der Waals surface area contributed by atoms with Crippen LogP contribution in [0.2, 0.25) is 10.0 Å². The molecular formula is C13H10Cl2N2O2S2. The highest BCUT2D eigenvalue weighted by Crippen LogP contribution is 2.26. The van der Waals surface area contributed by atoms with Gasteiger partial charge in [-0.15, -0.1) is 0 Å². The van der Waals surface area contributed by atoms with Crippen LogP contribution in [0.1, 0.15) is 5.56 Å². The number of anilines is 1. The highest BCUT2D eigenvalue weighted by atomic mass is 35.5. The molecule has 8 heteroatoms. The Balaban J connectivity index is 2.33. The topological polar surface area (TPSA) is 72.2 Å². The molecule has 0 aliphatic rings. The lowest BCUT2D eigenvalue weighted by Crippen LogP contribution is -2.14. The van der Waals surface area contributed by atoms with E-state index in [0.29, 0.717) is 11.3 Å². The number of nitrogens with one attached hydrogen (secondary N) is 1. The maximum Gasteiger partial charge on any atom is 0.263 e. The first-order valence-electron chi connectivity index (χ1n) is 5.67. The Labute approximate surface area is 137 Å². The number of hydrogen-bond acceptors (Lipinski definition) is 3. The first-order valence-corrected chi connectivity index (χ1v) is 8.32. The zero-order valence-corrected chi connectivity index (χ0v) is 13.7. The van der Waals surface area contributed by atoms with Crippen LogP contribution in [-0.2, 0) is 10.0 Å². The predicted octanol–water partition coefficient (Wildman–Crippen LogP) is 3.43. The lowest BCUT2D eigenvalue weighted by molar-refractivity contribution is 0.601. The number of sulfonamides is 1. The molecule has 0 radical (unpaired) electrons. The molecule has 2 aromatic rings. The van der Waals surface area contributed by atoms with E-state index in [0.717, 1.165) is 0 Å². The second-order valence-corrected chi connectivity index (χ2v) is 7.06. The first kappa shape index (κ1) is 16.0. The number of hydrogen-bond donors (Lipinski definition) is 2. The molecule has 3 N–H and O–H groups in total. The zero-order valence-electron chi connectivity index (χ0n) is 10.5. The van der Waals surface area contributed by atoms with Gasteiger partial charge in [0, 0.05) is 16.3 Å². The van der Waals surface area contributed by atoms with Gasteiger partial charge in [0.05, 0.1) is 5.02 Å². The summed E-state index contributed by atoms with van der Waals surface area (Å²) in [6.07, 6.45) is 0. The third-order valence-corrected chi connectivity index (χ3v) is 4.94. The summed E-state index contributed by atoms with van der Waals surface area (Å²) in [6, 6.07) is 10.6. The van der Waals surface area contributed by atoms with Crippen molar-refractivity contribution in [3.8, 4) is 0 Å². The minimum Gasteiger partial charge on any atom is -0.389 e. The van der Waals surface area contributed by atoms with Gasteiger partial charge >= 0.3 is 0 Å². The summed E-state index contributed by atoms with van der Waals surface area (Å²) in [6.45, 7) is 0. The van der Waals surface area contributed by atoms with Crippen molar-refractivity contribution in [2.24, 2.45) is 5.73 Å². The fourth-order valence-electron chi connectivity index (χ4n) is 1.60. The Morgan fingerprint density at radius 2 is 1.71 bits per heavy atom. The van der Waals surface area contributed by atoms with Crippen molar-refractivity contribution in [1.29, 1.82) is 0 Å². The van der Waals surface area contributed by atoms with Crippen molar-refractivity contribution in [3.05, 3.63) is 58.1 Å². The van der Waals surface area contributed by atoms with Gasteiger partial charge in [-0.1, -0.05) is 35.4 Å². The van der Waals surface area contributed by atoms with E-state index in [2.05, 4.69) is 4.72 Å². The number of halogens is 2. The van der Waals surface area contributed by atoms with Gasteiger partial charge in [0.25, 0.3) is 10.0 Å². The molecule has 0 heterocycles. The van der Waals surface area contributed by atoms with Crippen LogP contribution in [-0.4, -0.2) is 13.4 Å². The summed E-state index contributed by atoms with van der Waals surface area (Å²) in [4.78, 5) is 0.150. The summed E-state index contributed by atoms with van der Waals surface area (Å²) < 4.78 is 27.0. The molecule has 0 aliphatic heterocycles. The van der Waals surface area contributed by atoms with E-state index in [9.17, 15) is 8.42 Å². The molecule has 0 spiro atoms. The summed E-state index contributed by atoms with van der Waals surface area (Å²) in [5.41, 5.74) is 6.49. The second kappa shape index (κ2) is 6.19. The van der Waals surface area contributed by atoms with Crippen LogP contribution in [0.4, 0.5) is 5.69 Å². The molecule has 2 aromatic carbocycles. The molecule has 0 saturated carbocycles. The van der Waals surface area contributed by atoms with Crippen LogP contribution in [0.3, 0.4) is 0 Å². The Morgan fingerprint density at radius 1 is 1.10 bits per heavy atom. The monoisotopic (exact) mass is 360 g/mol. The second-order valence-electron chi connectivity index (χ2n) is 4.12. The van der Waals surface area contributed by atoms with E-state index >= 15 is 0 Å². The molecule has 0 amide bonds. The molecule has 0 atom stereocenters. The zero-order chi connectivity index (χ0) is 15.6. The van der Waals surface area contributed by atoms with Crippen LogP contribution in [0.15, 0.2) is 47.4 Å². The van der Waals surface area contributed by atoms with Gasteiger partial charge in [0.15, 0.2) is 0 Å². The molecule has 4 nitrogen and oxygen atoms in total. The minimum atomic E-state index is -3.83. The fourth-order valence-corrected chi connectivity index (χ4v) is 3.55. The van der Waals surface area contributed by atoms with Gasteiger partial charge in [0.2, 0.25) is 0 Å². The number of thiocarbonyl (C=S) groups is 1. The largest absolute Gasteiger partial charge is 0.389 e. The third kappa shape index (κ3) is 3.85. The Hall–Kier alpha value is -1.34. The van der Waals surface area contributed by atoms with E-state index in [1.807, 2.05) is 0 Å². The van der Waals surface area contributed by atoms with E-state index < -0.39 is 10.0 Å². The van der Waals surface area contributed by atoms with E-state index in [1.165, 1.54) is 18.2 Å². The maximum absolute atomic E-state index is 12.3. The number of benzene rings is 2. The molecule has 110 valence electrons. The molecule has 21 heavy (non-hydrogen) atoms. The maximum atomic E-state index is 12.3. The lowest BCUT2D eigenvalue weighted by atomic mass is 10.2. The highest BCUT2D eigenvalue weighted by molar-refractivity contribution is 7.92. The predicted molar refractivity (Wildman–Crippen MR) is 89.6 cm³/mol. The van der Waals surface area contributed by atoms with Gasteiger partial charge in [-0.25, -0.2) is 8.42 Å². The summed E-state index contributed by atoms with van der Waals surface area (Å²) in [7, 11) is -3.83. The smallest absolute Gasteiger partial charge is 0.263 e. The molecule has 0 unspecified atom stereocenters. The van der Waals surface area contributed by atoms with Crippen molar-refractivity contribution in [3.63, 3.8) is 0 Å². The SMILES string of the molecule is NC(=S)c1ccc(NS(=O)(=O)c2cc(Cl)ccc2Cl)cc1. The number of rotatable bonds is 4. The van der Waals surface area contributed by atoms with Gasteiger partial charge in [-0.3, -0.25) is 4.72 Å². The molecule has 0 bridgehead atoms. The van der Waals surface area contributed by atoms with Crippen LogP contribution >= 0.6 is 35.4 Å². The van der Waals surface area contributed by atoms with Gasteiger partial charge in [0.1, 0.15) is 9.88 Å². The van der Waals surface area contributed by atoms with Gasteiger partial charge < -0.3 is 5.73 Å². The van der Waals surface area contributed by atoms with Crippen molar-refractivity contribution < 1.29 is 8.42 Å². The molecule has 0 aromatic heterocycles. The molecule has 0 saturated heterocycles. The fraction of sp³-hybridized carbons (Fsp3) is 0. The molecule has 2 rings (SSSR count). The summed E-state index contributed by atoms with van der Waals surface area (Å²) in [5.74, 6) is 0. The van der Waals surface area contributed by atoms with Crippen molar-refractivity contribution in [1.82, 2.24) is 0 Å². The molecular weight excluding hydrogens is 351 g/mol. The normalized spacial score (nSPS) is 11.1. The van der Waals surface area contributed by atoms with Crippen LogP contribution in [0.5, 0.6) is 0 Å². The standard InChI is InChI=1S/C13H10Cl2N2O2S2/c14-9-3-6-11(15)12(7-9)21(18,19)17-10-4-1-8(2-5-10)13(16)20/h1-7,17H,(H2,16,20). The Morgan fingerprint density at radius 3 is 2.29 bits per heavy atom.